The minimum absolute atomic E-state index is 0.0799. The Morgan fingerprint density at radius 1 is 1.14 bits per heavy atom. The number of nitrogens with zero attached hydrogens (tertiary/aromatic N) is 3. The Hall–Kier alpha value is -1.67. The average Bonchev–Trinajstić information content (AvgIpc) is 3.19. The molecule has 8 heteroatoms. The van der Waals surface area contributed by atoms with E-state index in [0.717, 1.165) is 12.8 Å². The Morgan fingerprint density at radius 2 is 1.86 bits per heavy atom. The Balaban J connectivity index is 1.88. The molecular formula is C13H17N3O4S. The maximum Gasteiger partial charge on any atom is 0.283 e. The maximum atomic E-state index is 12.4. The molecular weight excluding hydrogens is 294 g/mol. The van der Waals surface area contributed by atoms with Gasteiger partial charge in [-0.1, -0.05) is 13.8 Å². The van der Waals surface area contributed by atoms with Crippen molar-refractivity contribution in [3.63, 3.8) is 0 Å². The summed E-state index contributed by atoms with van der Waals surface area (Å²) >= 11 is 0. The van der Waals surface area contributed by atoms with Gasteiger partial charge in [0.25, 0.3) is 15.9 Å². The monoisotopic (exact) mass is 311 g/mol. The van der Waals surface area contributed by atoms with Crippen molar-refractivity contribution in [2.24, 2.45) is 0 Å². The normalized spacial score (nSPS) is 16.9. The topological polar surface area (TPSA) is 89.4 Å². The zero-order chi connectivity index (χ0) is 15.0. The maximum absolute atomic E-state index is 12.4. The zero-order valence-electron chi connectivity index (χ0n) is 11.9. The lowest BCUT2D eigenvalue weighted by Gasteiger charge is -2.12. The first kappa shape index (κ1) is 14.3. The highest BCUT2D eigenvalue weighted by Gasteiger charge is 2.30. The van der Waals surface area contributed by atoms with Crippen LogP contribution >= 0.6 is 0 Å². The molecule has 1 fully saturated rings. The Bertz CT molecular complexity index is 726. The van der Waals surface area contributed by atoms with Crippen molar-refractivity contribution in [1.29, 1.82) is 0 Å². The Labute approximate surface area is 123 Å². The molecule has 0 unspecified atom stereocenters. The van der Waals surface area contributed by atoms with E-state index >= 15 is 0 Å². The van der Waals surface area contributed by atoms with Gasteiger partial charge in [0.05, 0.1) is 0 Å². The number of rotatable bonds is 4. The van der Waals surface area contributed by atoms with Crippen molar-refractivity contribution in [1.82, 2.24) is 14.5 Å². The second kappa shape index (κ2) is 5.27. The molecule has 0 aliphatic carbocycles. The number of sulfonamides is 1. The highest BCUT2D eigenvalue weighted by Crippen LogP contribution is 2.28. The van der Waals surface area contributed by atoms with Crippen molar-refractivity contribution in [2.45, 2.75) is 37.7 Å². The summed E-state index contributed by atoms with van der Waals surface area (Å²) in [5.41, 5.74) is 0. The number of aromatic nitrogens is 2. The SMILES string of the molecule is CC(C)c1nnc(-c2ccc(S(=O)(=O)N3CCCC3)o2)o1. The van der Waals surface area contributed by atoms with Gasteiger partial charge in [-0.05, 0) is 25.0 Å². The van der Waals surface area contributed by atoms with Crippen LogP contribution in [0, 0.1) is 0 Å². The van der Waals surface area contributed by atoms with Gasteiger partial charge in [-0.2, -0.15) is 4.31 Å². The second-order valence-corrected chi connectivity index (χ2v) is 7.20. The first-order valence-electron chi connectivity index (χ1n) is 6.92. The van der Waals surface area contributed by atoms with Crippen LogP contribution in [0.25, 0.3) is 11.7 Å². The Morgan fingerprint density at radius 3 is 2.48 bits per heavy atom. The number of hydrogen-bond donors (Lipinski definition) is 0. The van der Waals surface area contributed by atoms with Gasteiger partial charge in [-0.15, -0.1) is 10.2 Å². The lowest BCUT2D eigenvalue weighted by atomic mass is 10.2. The summed E-state index contributed by atoms with van der Waals surface area (Å²) in [5, 5.41) is 7.71. The molecule has 0 bridgehead atoms. The first-order valence-corrected chi connectivity index (χ1v) is 8.36. The van der Waals surface area contributed by atoms with E-state index in [1.165, 1.54) is 10.4 Å². The Kier molecular flexibility index (Phi) is 3.58. The number of furan rings is 1. The van der Waals surface area contributed by atoms with Gasteiger partial charge in [0.1, 0.15) is 0 Å². The van der Waals surface area contributed by atoms with Gasteiger partial charge in [0.15, 0.2) is 5.76 Å². The van der Waals surface area contributed by atoms with Crippen LogP contribution < -0.4 is 0 Å². The molecule has 0 N–H and O–H groups in total. The molecule has 0 radical (unpaired) electrons. The minimum Gasteiger partial charge on any atom is -0.438 e. The van der Waals surface area contributed by atoms with E-state index in [2.05, 4.69) is 10.2 Å². The summed E-state index contributed by atoms with van der Waals surface area (Å²) in [7, 11) is -3.56. The molecule has 3 heterocycles. The fraction of sp³-hybridized carbons (Fsp3) is 0.538. The van der Waals surface area contributed by atoms with E-state index in [4.69, 9.17) is 8.83 Å². The quantitative estimate of drug-likeness (QED) is 0.860. The molecule has 3 rings (SSSR count). The van der Waals surface area contributed by atoms with Gasteiger partial charge in [-0.3, -0.25) is 0 Å². The largest absolute Gasteiger partial charge is 0.438 e. The van der Waals surface area contributed by atoms with Crippen molar-refractivity contribution < 1.29 is 17.3 Å². The van der Waals surface area contributed by atoms with E-state index in [0.29, 0.717) is 19.0 Å². The molecule has 0 spiro atoms. The lowest BCUT2D eigenvalue weighted by Crippen LogP contribution is -2.27. The first-order chi connectivity index (χ1) is 9.98. The van der Waals surface area contributed by atoms with Gasteiger partial charge < -0.3 is 8.83 Å². The molecule has 0 amide bonds. The third-order valence-corrected chi connectivity index (χ3v) is 5.16. The van der Waals surface area contributed by atoms with Crippen molar-refractivity contribution in [3.8, 4) is 11.7 Å². The molecule has 1 saturated heterocycles. The summed E-state index contributed by atoms with van der Waals surface area (Å²) < 4.78 is 37.0. The third kappa shape index (κ3) is 2.60. The molecule has 114 valence electrons. The smallest absolute Gasteiger partial charge is 0.283 e. The van der Waals surface area contributed by atoms with Gasteiger partial charge in [0.2, 0.25) is 11.0 Å². The molecule has 0 atom stereocenters. The van der Waals surface area contributed by atoms with E-state index < -0.39 is 10.0 Å². The molecule has 0 aromatic carbocycles. The van der Waals surface area contributed by atoms with Gasteiger partial charge >= 0.3 is 0 Å². The summed E-state index contributed by atoms with van der Waals surface area (Å²) in [6.45, 7) is 4.94. The summed E-state index contributed by atoms with van der Waals surface area (Å²) in [5.74, 6) is 1.06. The van der Waals surface area contributed by atoms with Gasteiger partial charge in [0, 0.05) is 19.0 Å². The van der Waals surface area contributed by atoms with Crippen LogP contribution in [0.15, 0.2) is 26.1 Å². The van der Waals surface area contributed by atoms with Crippen molar-refractivity contribution >= 4 is 10.0 Å². The fourth-order valence-corrected chi connectivity index (χ4v) is 3.63. The van der Waals surface area contributed by atoms with Crippen LogP contribution in [0.3, 0.4) is 0 Å². The third-order valence-electron chi connectivity index (χ3n) is 3.39. The number of hydrogen-bond acceptors (Lipinski definition) is 6. The molecule has 21 heavy (non-hydrogen) atoms. The van der Waals surface area contributed by atoms with Crippen molar-refractivity contribution in [2.75, 3.05) is 13.1 Å². The van der Waals surface area contributed by atoms with E-state index in [1.54, 1.807) is 6.07 Å². The predicted octanol–water partition coefficient (Wildman–Crippen LogP) is 2.24. The molecule has 7 nitrogen and oxygen atoms in total. The van der Waals surface area contributed by atoms with Crippen LogP contribution in [0.4, 0.5) is 0 Å². The average molecular weight is 311 g/mol. The lowest BCUT2D eigenvalue weighted by molar-refractivity contribution is 0.404. The summed E-state index contributed by atoms with van der Waals surface area (Å²) in [4.78, 5) is 0. The van der Waals surface area contributed by atoms with Crippen LogP contribution in [-0.2, 0) is 10.0 Å². The fourth-order valence-electron chi connectivity index (χ4n) is 2.20. The standard InChI is InChI=1S/C13H17N3O4S/c1-9(2)12-14-15-13(20-12)10-5-6-11(19-10)21(17,18)16-7-3-4-8-16/h5-6,9H,3-4,7-8H2,1-2H3. The van der Waals surface area contributed by atoms with Crippen molar-refractivity contribution in [3.05, 3.63) is 18.0 Å². The van der Waals surface area contributed by atoms with E-state index in [9.17, 15) is 8.42 Å². The zero-order valence-corrected chi connectivity index (χ0v) is 12.8. The summed E-state index contributed by atoms with van der Waals surface area (Å²) in [6.07, 6.45) is 1.77. The molecule has 1 aliphatic rings. The second-order valence-electron chi connectivity index (χ2n) is 5.33. The van der Waals surface area contributed by atoms with Crippen LogP contribution in [0.2, 0.25) is 0 Å². The van der Waals surface area contributed by atoms with Crippen LogP contribution in [0.1, 0.15) is 38.5 Å². The van der Waals surface area contributed by atoms with Crippen LogP contribution in [0.5, 0.6) is 0 Å². The highest BCUT2D eigenvalue weighted by molar-refractivity contribution is 7.89. The van der Waals surface area contributed by atoms with Gasteiger partial charge in [-0.25, -0.2) is 8.42 Å². The van der Waals surface area contributed by atoms with E-state index in [1.807, 2.05) is 13.8 Å². The highest BCUT2D eigenvalue weighted by atomic mass is 32.2. The predicted molar refractivity (Wildman–Crippen MR) is 74.1 cm³/mol. The van der Waals surface area contributed by atoms with Crippen LogP contribution in [-0.4, -0.2) is 36.0 Å². The molecule has 2 aromatic rings. The molecule has 1 aliphatic heterocycles. The minimum atomic E-state index is -3.56. The molecule has 2 aromatic heterocycles. The van der Waals surface area contributed by atoms with E-state index in [-0.39, 0.29) is 22.7 Å². The molecule has 0 saturated carbocycles. The summed E-state index contributed by atoms with van der Waals surface area (Å²) in [6, 6.07) is 2.98.